The van der Waals surface area contributed by atoms with E-state index in [1.165, 1.54) is 10.4 Å². The second-order valence-electron chi connectivity index (χ2n) is 5.00. The molecule has 0 aromatic heterocycles. The number of halogens is 1. The minimum atomic E-state index is -3.53. The van der Waals surface area contributed by atoms with Crippen molar-refractivity contribution < 1.29 is 13.2 Å². The van der Waals surface area contributed by atoms with Crippen molar-refractivity contribution in [3.05, 3.63) is 22.2 Å². The largest absolute Gasteiger partial charge is 0.398 e. The van der Waals surface area contributed by atoms with Crippen LogP contribution in [-0.4, -0.2) is 39.0 Å². The van der Waals surface area contributed by atoms with Gasteiger partial charge in [-0.05, 0) is 53.4 Å². The van der Waals surface area contributed by atoms with E-state index in [2.05, 4.69) is 15.9 Å². The molecule has 1 aromatic carbocycles. The van der Waals surface area contributed by atoms with Crippen molar-refractivity contribution in [1.29, 1.82) is 0 Å². The summed E-state index contributed by atoms with van der Waals surface area (Å²) >= 11 is 3.31. The van der Waals surface area contributed by atoms with E-state index in [0.717, 1.165) is 12.8 Å². The normalized spacial score (nSPS) is 17.6. The number of rotatable bonds is 3. The third-order valence-electron chi connectivity index (χ3n) is 3.66. The van der Waals surface area contributed by atoms with E-state index in [9.17, 15) is 8.42 Å². The summed E-state index contributed by atoms with van der Waals surface area (Å²) in [5.41, 5.74) is 6.93. The van der Waals surface area contributed by atoms with Gasteiger partial charge in [0.15, 0.2) is 0 Å². The van der Waals surface area contributed by atoms with E-state index in [0.29, 0.717) is 28.9 Å². The van der Waals surface area contributed by atoms with Crippen molar-refractivity contribution in [2.24, 2.45) is 0 Å². The van der Waals surface area contributed by atoms with Crippen LogP contribution < -0.4 is 5.73 Å². The minimum Gasteiger partial charge on any atom is -0.398 e. The first kappa shape index (κ1) is 15.8. The lowest BCUT2D eigenvalue weighted by atomic mass is 10.1. The van der Waals surface area contributed by atoms with Gasteiger partial charge < -0.3 is 10.5 Å². The molecule has 2 rings (SSSR count). The molecule has 112 valence electrons. The van der Waals surface area contributed by atoms with Gasteiger partial charge in [-0.15, -0.1) is 0 Å². The molecule has 0 saturated carbocycles. The molecule has 0 aliphatic carbocycles. The maximum Gasteiger partial charge on any atom is 0.243 e. The summed E-state index contributed by atoms with van der Waals surface area (Å²) in [6, 6.07) is 3.24. The van der Waals surface area contributed by atoms with Crippen molar-refractivity contribution in [2.75, 3.05) is 26.0 Å². The molecule has 7 heteroatoms. The fourth-order valence-corrected chi connectivity index (χ4v) is 4.46. The fourth-order valence-electron chi connectivity index (χ4n) is 2.35. The molecule has 1 aliphatic heterocycles. The van der Waals surface area contributed by atoms with E-state index < -0.39 is 10.0 Å². The van der Waals surface area contributed by atoms with Gasteiger partial charge in [0.1, 0.15) is 0 Å². The van der Waals surface area contributed by atoms with Crippen LogP contribution in [0.2, 0.25) is 0 Å². The third-order valence-corrected chi connectivity index (χ3v) is 6.40. The number of aryl methyl sites for hydroxylation is 1. The number of nitrogen functional groups attached to an aromatic ring is 1. The monoisotopic (exact) mass is 362 g/mol. The molecule has 5 nitrogen and oxygen atoms in total. The lowest BCUT2D eigenvalue weighted by Crippen LogP contribution is -2.40. The maximum absolute atomic E-state index is 12.7. The number of hydrogen-bond donors (Lipinski definition) is 1. The number of benzene rings is 1. The van der Waals surface area contributed by atoms with Crippen molar-refractivity contribution in [3.63, 3.8) is 0 Å². The van der Waals surface area contributed by atoms with Crippen molar-refractivity contribution >= 4 is 31.6 Å². The summed E-state index contributed by atoms with van der Waals surface area (Å²) in [4.78, 5) is 0.271. The van der Waals surface area contributed by atoms with Crippen LogP contribution in [0.15, 0.2) is 21.5 Å². The van der Waals surface area contributed by atoms with Gasteiger partial charge in [0, 0.05) is 36.5 Å². The number of nitrogens with two attached hydrogens (primary N) is 1. The molecule has 1 aliphatic rings. The van der Waals surface area contributed by atoms with E-state index in [-0.39, 0.29) is 10.9 Å². The number of ether oxygens (including phenoxy) is 1. The Morgan fingerprint density at radius 3 is 2.55 bits per heavy atom. The Balaban J connectivity index is 2.36. The molecule has 0 bridgehead atoms. The second-order valence-corrected chi connectivity index (χ2v) is 7.82. The first-order valence-electron chi connectivity index (χ1n) is 6.45. The summed E-state index contributed by atoms with van der Waals surface area (Å²) in [6.45, 7) is 2.98. The highest BCUT2D eigenvalue weighted by atomic mass is 79.9. The molecule has 0 unspecified atom stereocenters. The van der Waals surface area contributed by atoms with Crippen LogP contribution >= 0.6 is 15.9 Å². The molecule has 2 N–H and O–H groups in total. The van der Waals surface area contributed by atoms with Gasteiger partial charge in [0.2, 0.25) is 10.0 Å². The number of nitrogens with zero attached hydrogens (tertiary/aromatic N) is 1. The highest BCUT2D eigenvalue weighted by Crippen LogP contribution is 2.29. The molecule has 0 radical (unpaired) electrons. The highest BCUT2D eigenvalue weighted by molar-refractivity contribution is 9.10. The maximum atomic E-state index is 12.7. The lowest BCUT2D eigenvalue weighted by Gasteiger charge is -2.30. The molecule has 20 heavy (non-hydrogen) atoms. The van der Waals surface area contributed by atoms with Crippen molar-refractivity contribution in [3.8, 4) is 0 Å². The Bertz CT molecular complexity index is 598. The van der Waals surface area contributed by atoms with E-state index in [1.807, 2.05) is 0 Å². The molecule has 1 heterocycles. The zero-order valence-electron chi connectivity index (χ0n) is 11.6. The molecule has 0 amide bonds. The first-order valence-corrected chi connectivity index (χ1v) is 8.68. The Morgan fingerprint density at radius 2 is 1.95 bits per heavy atom. The minimum absolute atomic E-state index is 0.0157. The van der Waals surface area contributed by atoms with Gasteiger partial charge in [-0.2, -0.15) is 4.31 Å². The molecular formula is C13H19BrN2O3S. The second kappa shape index (κ2) is 6.01. The predicted octanol–water partition coefficient (Wildman–Crippen LogP) is 2.14. The molecule has 1 fully saturated rings. The molecular weight excluding hydrogens is 344 g/mol. The summed E-state index contributed by atoms with van der Waals surface area (Å²) in [7, 11) is -1.90. The third kappa shape index (κ3) is 3.00. The Labute approximate surface area is 128 Å². The highest BCUT2D eigenvalue weighted by Gasteiger charge is 2.30. The smallest absolute Gasteiger partial charge is 0.243 e. The summed E-state index contributed by atoms with van der Waals surface area (Å²) in [5, 5.41) is 0. The van der Waals surface area contributed by atoms with Gasteiger partial charge >= 0.3 is 0 Å². The Kier molecular flexibility index (Phi) is 4.73. The zero-order chi connectivity index (χ0) is 14.9. The average molecular weight is 363 g/mol. The predicted molar refractivity (Wildman–Crippen MR) is 82.1 cm³/mol. The molecule has 1 saturated heterocycles. The van der Waals surface area contributed by atoms with Crippen LogP contribution in [0.1, 0.15) is 18.4 Å². The van der Waals surface area contributed by atoms with Gasteiger partial charge in [-0.25, -0.2) is 8.42 Å². The van der Waals surface area contributed by atoms with Gasteiger partial charge in [0.25, 0.3) is 0 Å². The van der Waals surface area contributed by atoms with Crippen LogP contribution in [0.3, 0.4) is 0 Å². The van der Waals surface area contributed by atoms with Crippen LogP contribution in [0, 0.1) is 6.92 Å². The Morgan fingerprint density at radius 1 is 1.35 bits per heavy atom. The van der Waals surface area contributed by atoms with Crippen molar-refractivity contribution in [2.45, 2.75) is 30.7 Å². The van der Waals surface area contributed by atoms with E-state index in [4.69, 9.17) is 10.5 Å². The van der Waals surface area contributed by atoms with E-state index >= 15 is 0 Å². The van der Waals surface area contributed by atoms with Crippen LogP contribution in [0.4, 0.5) is 5.69 Å². The van der Waals surface area contributed by atoms with Gasteiger partial charge in [-0.3, -0.25) is 0 Å². The average Bonchev–Trinajstić information content (AvgIpc) is 2.42. The summed E-state index contributed by atoms with van der Waals surface area (Å²) in [5.74, 6) is 0. The number of sulfonamides is 1. The molecule has 1 aromatic rings. The number of hydrogen-bond acceptors (Lipinski definition) is 4. The molecule has 0 spiro atoms. The van der Waals surface area contributed by atoms with Gasteiger partial charge in [-0.1, -0.05) is 0 Å². The quantitative estimate of drug-likeness (QED) is 0.836. The van der Waals surface area contributed by atoms with Crippen LogP contribution in [0.5, 0.6) is 0 Å². The van der Waals surface area contributed by atoms with Crippen LogP contribution in [0.25, 0.3) is 0 Å². The summed E-state index contributed by atoms with van der Waals surface area (Å²) < 4.78 is 32.9. The first-order chi connectivity index (χ1) is 9.34. The topological polar surface area (TPSA) is 72.6 Å². The lowest BCUT2D eigenvalue weighted by molar-refractivity contribution is 0.0632. The number of anilines is 1. The standard InChI is InChI=1S/C13H19BrN2O3S/c1-9-7-11(14)12(15)8-13(9)20(17,18)16(2)10-3-5-19-6-4-10/h7-8,10H,3-6,15H2,1-2H3. The van der Waals surface area contributed by atoms with E-state index in [1.54, 1.807) is 20.0 Å². The fraction of sp³-hybridized carbons (Fsp3) is 0.538. The summed E-state index contributed by atoms with van der Waals surface area (Å²) in [6.07, 6.45) is 1.45. The zero-order valence-corrected chi connectivity index (χ0v) is 14.0. The SMILES string of the molecule is Cc1cc(Br)c(N)cc1S(=O)(=O)N(C)C1CCOCC1. The van der Waals surface area contributed by atoms with Crippen molar-refractivity contribution in [1.82, 2.24) is 4.31 Å². The molecule has 0 atom stereocenters. The van der Waals surface area contributed by atoms with Gasteiger partial charge in [0.05, 0.1) is 4.90 Å². The Hall–Kier alpha value is -0.630. The van der Waals surface area contributed by atoms with Crippen LogP contribution in [-0.2, 0) is 14.8 Å².